The van der Waals surface area contributed by atoms with Gasteiger partial charge in [0.15, 0.2) is 5.16 Å². The normalized spacial score (nSPS) is 28.0. The number of rotatable bonds is 7. The van der Waals surface area contributed by atoms with Crippen molar-refractivity contribution in [3.05, 3.63) is 34.9 Å². The molecule has 8 heteroatoms. The highest BCUT2D eigenvalue weighted by molar-refractivity contribution is 7.61. The first kappa shape index (κ1) is 19.4. The average Bonchev–Trinajstić information content (AvgIpc) is 2.52. The molecule has 1 aliphatic heterocycles. The number of carboxylic acids is 1. The van der Waals surface area contributed by atoms with Crippen LogP contribution in [0.4, 0.5) is 0 Å². The molecule has 2 rings (SSSR count). The van der Waals surface area contributed by atoms with Crippen molar-refractivity contribution in [2.45, 2.75) is 31.0 Å². The lowest BCUT2D eigenvalue weighted by Crippen LogP contribution is -2.53. The number of hydrogen-bond donors (Lipinski definition) is 3. The second-order valence-electron chi connectivity index (χ2n) is 6.34. The number of aliphatic carboxylic acids is 1. The summed E-state index contributed by atoms with van der Waals surface area (Å²) in [5.41, 5.74) is 6.47. The predicted molar refractivity (Wildman–Crippen MR) is 94.7 cm³/mol. The summed E-state index contributed by atoms with van der Waals surface area (Å²) in [4.78, 5) is 24.2. The standard InChI is InChI=1S/C16H24ClN2O4P/c17-14-5-3-13(4-6-14)11-19-9-10-24(22,23)16(12-19,15(20)21)7-1-2-8-18/h3-6H,1-2,7-12,18H2,(H,20,21)(H,22,23). The summed E-state index contributed by atoms with van der Waals surface area (Å²) in [6, 6.07) is 7.33. The van der Waals surface area contributed by atoms with E-state index >= 15 is 0 Å². The third-order valence-electron chi connectivity index (χ3n) is 4.64. The lowest BCUT2D eigenvalue weighted by molar-refractivity contribution is -0.141. The smallest absolute Gasteiger partial charge is 0.320 e. The summed E-state index contributed by atoms with van der Waals surface area (Å²) in [5, 5.41) is 8.77. The number of benzene rings is 1. The SMILES string of the molecule is NCCCCC1(C(=O)O)CN(Cc2ccc(Cl)cc2)CCP1(=O)O. The van der Waals surface area contributed by atoms with Gasteiger partial charge in [-0.3, -0.25) is 14.3 Å². The van der Waals surface area contributed by atoms with Crippen molar-refractivity contribution in [1.82, 2.24) is 4.90 Å². The zero-order valence-corrected chi connectivity index (χ0v) is 15.2. The zero-order valence-electron chi connectivity index (χ0n) is 13.5. The largest absolute Gasteiger partial charge is 0.480 e. The van der Waals surface area contributed by atoms with E-state index in [2.05, 4.69) is 0 Å². The first-order valence-corrected chi connectivity index (χ1v) is 10.3. The van der Waals surface area contributed by atoms with Gasteiger partial charge in [-0.15, -0.1) is 0 Å². The lowest BCUT2D eigenvalue weighted by atomic mass is 9.99. The lowest BCUT2D eigenvalue weighted by Gasteiger charge is -2.43. The van der Waals surface area contributed by atoms with Crippen molar-refractivity contribution in [2.24, 2.45) is 5.73 Å². The van der Waals surface area contributed by atoms with E-state index in [0.29, 0.717) is 37.5 Å². The van der Waals surface area contributed by atoms with E-state index in [4.69, 9.17) is 17.3 Å². The number of halogens is 1. The molecule has 0 bridgehead atoms. The minimum absolute atomic E-state index is 0.00445. The highest BCUT2D eigenvalue weighted by atomic mass is 35.5. The van der Waals surface area contributed by atoms with E-state index in [-0.39, 0.29) is 19.1 Å². The van der Waals surface area contributed by atoms with Crippen molar-refractivity contribution >= 4 is 24.9 Å². The van der Waals surface area contributed by atoms with Crippen molar-refractivity contribution < 1.29 is 19.4 Å². The Kier molecular flexibility index (Phi) is 6.46. The Balaban J connectivity index is 2.18. The van der Waals surface area contributed by atoms with Crippen LogP contribution in [0.5, 0.6) is 0 Å². The summed E-state index contributed by atoms with van der Waals surface area (Å²) in [7, 11) is -3.78. The first-order valence-electron chi connectivity index (χ1n) is 8.03. The first-order chi connectivity index (χ1) is 11.3. The van der Waals surface area contributed by atoms with E-state index in [1.807, 2.05) is 17.0 Å². The van der Waals surface area contributed by atoms with Gasteiger partial charge in [0.05, 0.1) is 0 Å². The number of carbonyl (C=O) groups is 1. The Morgan fingerprint density at radius 3 is 2.58 bits per heavy atom. The number of carboxylic acid groups (broad SMARTS) is 1. The van der Waals surface area contributed by atoms with Crippen LogP contribution in [0.2, 0.25) is 5.02 Å². The molecule has 0 spiro atoms. The molecule has 1 fully saturated rings. The summed E-state index contributed by atoms with van der Waals surface area (Å²) in [5.74, 6) is -1.19. The van der Waals surface area contributed by atoms with Gasteiger partial charge in [-0.25, -0.2) is 0 Å². The number of nitrogens with zero attached hydrogens (tertiary/aromatic N) is 1. The molecule has 0 aromatic heterocycles. The van der Waals surface area contributed by atoms with Crippen LogP contribution in [0.1, 0.15) is 24.8 Å². The third kappa shape index (κ3) is 4.19. The van der Waals surface area contributed by atoms with Crippen LogP contribution >= 0.6 is 19.0 Å². The maximum Gasteiger partial charge on any atom is 0.320 e. The second kappa shape index (κ2) is 7.98. The predicted octanol–water partition coefficient (Wildman–Crippen LogP) is 2.38. The molecule has 1 aliphatic rings. The molecule has 1 saturated heterocycles. The van der Waals surface area contributed by atoms with Gasteiger partial charge < -0.3 is 15.7 Å². The van der Waals surface area contributed by atoms with Gasteiger partial charge >= 0.3 is 5.97 Å². The van der Waals surface area contributed by atoms with Crippen LogP contribution in [0, 0.1) is 0 Å². The molecule has 0 amide bonds. The molecule has 0 saturated carbocycles. The highest BCUT2D eigenvalue weighted by Crippen LogP contribution is 2.59. The maximum atomic E-state index is 12.7. The fraction of sp³-hybridized carbons (Fsp3) is 0.562. The summed E-state index contributed by atoms with van der Waals surface area (Å²) < 4.78 is 12.7. The topological polar surface area (TPSA) is 104 Å². The number of hydrogen-bond acceptors (Lipinski definition) is 4. The Morgan fingerprint density at radius 1 is 1.33 bits per heavy atom. The van der Waals surface area contributed by atoms with E-state index in [1.165, 1.54) is 0 Å². The van der Waals surface area contributed by atoms with Crippen LogP contribution in [0.25, 0.3) is 0 Å². The molecule has 134 valence electrons. The number of nitrogens with two attached hydrogens (primary N) is 1. The summed E-state index contributed by atoms with van der Waals surface area (Å²) in [6.45, 7) is 1.45. The molecule has 24 heavy (non-hydrogen) atoms. The molecule has 2 unspecified atom stereocenters. The van der Waals surface area contributed by atoms with Gasteiger partial charge in [0.1, 0.15) is 0 Å². The monoisotopic (exact) mass is 374 g/mol. The highest BCUT2D eigenvalue weighted by Gasteiger charge is 2.56. The quantitative estimate of drug-likeness (QED) is 0.500. The van der Waals surface area contributed by atoms with Crippen molar-refractivity contribution in [3.8, 4) is 0 Å². The molecule has 1 heterocycles. The van der Waals surface area contributed by atoms with Crippen LogP contribution in [0.15, 0.2) is 24.3 Å². The molecular formula is C16H24ClN2O4P. The molecule has 6 nitrogen and oxygen atoms in total. The molecule has 2 atom stereocenters. The molecule has 4 N–H and O–H groups in total. The molecule has 1 aromatic rings. The fourth-order valence-corrected chi connectivity index (χ4v) is 5.51. The van der Waals surface area contributed by atoms with Gasteiger partial charge in [0.2, 0.25) is 7.37 Å². The van der Waals surface area contributed by atoms with Gasteiger partial charge in [0, 0.05) is 30.8 Å². The second-order valence-corrected chi connectivity index (χ2v) is 9.49. The van der Waals surface area contributed by atoms with E-state index in [0.717, 1.165) is 5.56 Å². The minimum Gasteiger partial charge on any atom is -0.480 e. The number of unbranched alkanes of at least 4 members (excludes halogenated alkanes) is 1. The van der Waals surface area contributed by atoms with E-state index in [9.17, 15) is 19.4 Å². The van der Waals surface area contributed by atoms with Crippen molar-refractivity contribution in [1.29, 1.82) is 0 Å². The van der Waals surface area contributed by atoms with Crippen molar-refractivity contribution in [3.63, 3.8) is 0 Å². The molecule has 1 aromatic carbocycles. The van der Waals surface area contributed by atoms with Gasteiger partial charge in [-0.05, 0) is 37.1 Å². The van der Waals surface area contributed by atoms with Gasteiger partial charge in [-0.2, -0.15) is 0 Å². The van der Waals surface area contributed by atoms with Gasteiger partial charge in [0.25, 0.3) is 0 Å². The van der Waals surface area contributed by atoms with Crippen LogP contribution < -0.4 is 5.73 Å². The average molecular weight is 375 g/mol. The maximum absolute atomic E-state index is 12.7. The Morgan fingerprint density at radius 2 is 2.00 bits per heavy atom. The van der Waals surface area contributed by atoms with Crippen LogP contribution in [0.3, 0.4) is 0 Å². The summed E-state index contributed by atoms with van der Waals surface area (Å²) >= 11 is 5.88. The van der Waals surface area contributed by atoms with Crippen molar-refractivity contribution in [2.75, 3.05) is 25.8 Å². The summed E-state index contributed by atoms with van der Waals surface area (Å²) in [6.07, 6.45) is 1.34. The van der Waals surface area contributed by atoms with Gasteiger partial charge in [-0.1, -0.05) is 30.2 Å². The fourth-order valence-electron chi connectivity index (χ4n) is 3.17. The Hall–Kier alpha value is -0.910. The molecule has 0 radical (unpaired) electrons. The zero-order chi connectivity index (χ0) is 17.8. The van der Waals surface area contributed by atoms with Crippen LogP contribution in [-0.4, -0.2) is 51.8 Å². The third-order valence-corrected chi connectivity index (χ3v) is 7.59. The van der Waals surface area contributed by atoms with Crippen LogP contribution in [-0.2, 0) is 15.9 Å². The molecule has 0 aliphatic carbocycles. The minimum atomic E-state index is -3.78. The Labute approximate surface area is 147 Å². The van der Waals surface area contributed by atoms with E-state index in [1.54, 1.807) is 12.1 Å². The molecular weight excluding hydrogens is 351 g/mol. The Bertz CT molecular complexity index is 625. The van der Waals surface area contributed by atoms with E-state index < -0.39 is 18.5 Å².